The lowest BCUT2D eigenvalue weighted by Crippen LogP contribution is -2.41. The molecule has 28 heavy (non-hydrogen) atoms. The predicted octanol–water partition coefficient (Wildman–Crippen LogP) is 5.44. The first-order valence-electron chi connectivity index (χ1n) is 8.85. The molecule has 1 aliphatic rings. The van der Waals surface area contributed by atoms with E-state index in [1.165, 1.54) is 16.7 Å². The molecule has 0 radical (unpaired) electrons. The maximum Gasteiger partial charge on any atom is 0.399 e. The molecule has 0 aliphatic heterocycles. The van der Waals surface area contributed by atoms with Gasteiger partial charge < -0.3 is 4.57 Å². The average Bonchev–Trinajstić information content (AvgIpc) is 3.06. The van der Waals surface area contributed by atoms with Crippen LogP contribution < -0.4 is 0 Å². The van der Waals surface area contributed by atoms with Gasteiger partial charge in [0.25, 0.3) is 0 Å². The minimum atomic E-state index is -4.48. The van der Waals surface area contributed by atoms with Crippen LogP contribution in [0.4, 0.5) is 13.2 Å². The van der Waals surface area contributed by atoms with E-state index in [9.17, 15) is 18.0 Å². The van der Waals surface area contributed by atoms with Crippen molar-refractivity contribution in [2.45, 2.75) is 19.1 Å². The third-order valence-electron chi connectivity index (χ3n) is 5.17. The summed E-state index contributed by atoms with van der Waals surface area (Å²) in [6.45, 7) is -0.403. The molecule has 6 heteroatoms. The number of carbonyl (C=O) groups is 1. The molecule has 1 aromatic heterocycles. The highest BCUT2D eigenvalue weighted by Crippen LogP contribution is 2.47. The lowest BCUT2D eigenvalue weighted by molar-refractivity contribution is -0.209. The Kier molecular flexibility index (Phi) is 4.41. The van der Waals surface area contributed by atoms with Gasteiger partial charge >= 0.3 is 6.18 Å². The van der Waals surface area contributed by atoms with Crippen molar-refractivity contribution in [1.29, 1.82) is 0 Å². The summed E-state index contributed by atoms with van der Waals surface area (Å²) in [5, 5.41) is 0. The van der Waals surface area contributed by atoms with Crippen LogP contribution in [0.1, 0.15) is 22.6 Å². The van der Waals surface area contributed by atoms with E-state index in [0.29, 0.717) is 17.3 Å². The third-order valence-corrected chi connectivity index (χ3v) is 5.17. The van der Waals surface area contributed by atoms with Crippen LogP contribution in [-0.2, 0) is 6.54 Å². The molecule has 0 saturated heterocycles. The Morgan fingerprint density at radius 3 is 2.43 bits per heavy atom. The summed E-state index contributed by atoms with van der Waals surface area (Å²) in [4.78, 5) is 15.6. The molecule has 1 heterocycles. The number of hydrogen-bond acceptors (Lipinski definition) is 2. The van der Waals surface area contributed by atoms with Crippen molar-refractivity contribution >= 4 is 22.9 Å². The molecule has 0 saturated carbocycles. The highest BCUT2D eigenvalue weighted by molar-refractivity contribution is 5.83. The molecular formula is C22H17F3N2O. The van der Waals surface area contributed by atoms with Crippen LogP contribution in [0.3, 0.4) is 0 Å². The molecule has 142 valence electrons. The Labute approximate surface area is 159 Å². The van der Waals surface area contributed by atoms with Gasteiger partial charge in [0.1, 0.15) is 5.41 Å². The molecular weight excluding hydrogens is 365 g/mol. The van der Waals surface area contributed by atoms with Gasteiger partial charge in [0.2, 0.25) is 0 Å². The summed E-state index contributed by atoms with van der Waals surface area (Å²) in [5.41, 5.74) is 0.538. The summed E-state index contributed by atoms with van der Waals surface area (Å²) in [6.07, 6.45) is 0.171. The molecule has 0 fully saturated rings. The Hall–Kier alpha value is -3.15. The van der Waals surface area contributed by atoms with E-state index in [2.05, 4.69) is 4.98 Å². The molecule has 1 atom stereocenters. The van der Waals surface area contributed by atoms with Crippen molar-refractivity contribution in [3.05, 3.63) is 84.2 Å². The molecule has 3 nitrogen and oxygen atoms in total. The largest absolute Gasteiger partial charge is 0.399 e. The van der Waals surface area contributed by atoms with E-state index < -0.39 is 18.1 Å². The molecule has 3 aromatic rings. The fraction of sp³-hybridized carbons (Fsp3) is 0.182. The first-order valence-corrected chi connectivity index (χ1v) is 8.85. The van der Waals surface area contributed by atoms with E-state index >= 15 is 0 Å². The van der Waals surface area contributed by atoms with Crippen LogP contribution in [0.5, 0.6) is 0 Å². The van der Waals surface area contributed by atoms with E-state index in [1.807, 2.05) is 30.3 Å². The minimum absolute atomic E-state index is 0.00365. The van der Waals surface area contributed by atoms with Crippen molar-refractivity contribution in [2.75, 3.05) is 0 Å². The number of halogens is 3. The van der Waals surface area contributed by atoms with Crippen LogP contribution in [0.2, 0.25) is 0 Å². The van der Waals surface area contributed by atoms with Crippen LogP contribution in [0.25, 0.3) is 16.6 Å². The van der Waals surface area contributed by atoms with Crippen LogP contribution in [-0.4, -0.2) is 22.0 Å². The Morgan fingerprint density at radius 1 is 1.07 bits per heavy atom. The lowest BCUT2D eigenvalue weighted by atomic mass is 9.78. The summed E-state index contributed by atoms with van der Waals surface area (Å²) in [7, 11) is 0. The number of fused-ring (bicyclic) bond motifs is 1. The zero-order chi connectivity index (χ0) is 19.8. The molecule has 1 unspecified atom stereocenters. The van der Waals surface area contributed by atoms with Crippen LogP contribution >= 0.6 is 0 Å². The van der Waals surface area contributed by atoms with Crippen LogP contribution in [0.15, 0.2) is 72.8 Å². The normalized spacial score (nSPS) is 19.6. The minimum Gasteiger partial charge on any atom is -0.320 e. The van der Waals surface area contributed by atoms with Gasteiger partial charge in [-0.05, 0) is 29.7 Å². The monoisotopic (exact) mass is 382 g/mol. The second-order valence-electron chi connectivity index (χ2n) is 6.88. The van der Waals surface area contributed by atoms with E-state index in [0.717, 1.165) is 11.1 Å². The topological polar surface area (TPSA) is 34.9 Å². The smallest absolute Gasteiger partial charge is 0.320 e. The highest BCUT2D eigenvalue weighted by Gasteiger charge is 2.53. The average molecular weight is 382 g/mol. The molecule has 0 N–H and O–H groups in total. The fourth-order valence-electron chi connectivity index (χ4n) is 3.57. The number of carbonyl (C=O) groups excluding carboxylic acids is 1. The van der Waals surface area contributed by atoms with Crippen molar-refractivity contribution in [3.63, 3.8) is 0 Å². The van der Waals surface area contributed by atoms with Gasteiger partial charge in [-0.25, -0.2) is 4.98 Å². The first-order chi connectivity index (χ1) is 13.4. The Morgan fingerprint density at radius 2 is 1.79 bits per heavy atom. The SMILES string of the molecule is O=Cc1nc2ccccc2n1CC1(C(F)(F)F)C=CC(c2ccccc2)=CC1. The van der Waals surface area contributed by atoms with Gasteiger partial charge in [0.15, 0.2) is 12.1 Å². The summed E-state index contributed by atoms with van der Waals surface area (Å²) in [5.74, 6) is -0.00365. The second kappa shape index (κ2) is 6.78. The van der Waals surface area contributed by atoms with E-state index in [1.54, 1.807) is 30.3 Å². The van der Waals surface area contributed by atoms with Gasteiger partial charge in [-0.15, -0.1) is 0 Å². The zero-order valence-corrected chi connectivity index (χ0v) is 14.9. The molecule has 1 aliphatic carbocycles. The molecule has 0 amide bonds. The van der Waals surface area contributed by atoms with Crippen molar-refractivity contribution in [3.8, 4) is 0 Å². The van der Waals surface area contributed by atoms with E-state index in [4.69, 9.17) is 0 Å². The number of para-hydroxylation sites is 2. The number of nitrogens with zero attached hydrogens (tertiary/aromatic N) is 2. The van der Waals surface area contributed by atoms with Gasteiger partial charge in [0, 0.05) is 6.54 Å². The molecule has 0 spiro atoms. The first kappa shape index (κ1) is 18.2. The number of benzene rings is 2. The number of hydrogen-bond donors (Lipinski definition) is 0. The number of imidazole rings is 1. The summed E-state index contributed by atoms with van der Waals surface area (Å²) in [6, 6.07) is 16.1. The molecule has 0 bridgehead atoms. The number of rotatable bonds is 4. The Bertz CT molecular complexity index is 1080. The van der Waals surface area contributed by atoms with Gasteiger partial charge in [-0.3, -0.25) is 4.79 Å². The van der Waals surface area contributed by atoms with E-state index in [-0.39, 0.29) is 12.2 Å². The standard InChI is InChI=1S/C22H17F3N2O/c23-22(24,25)21(12-10-17(11-13-21)16-6-2-1-3-7-16)15-27-19-9-5-4-8-18(19)26-20(27)14-28/h1-12,14H,13,15H2. The predicted molar refractivity (Wildman–Crippen MR) is 102 cm³/mol. The summed E-state index contributed by atoms with van der Waals surface area (Å²) >= 11 is 0. The zero-order valence-electron chi connectivity index (χ0n) is 14.9. The quantitative estimate of drug-likeness (QED) is 0.563. The van der Waals surface area contributed by atoms with Crippen molar-refractivity contribution in [2.24, 2.45) is 5.41 Å². The molecule has 4 rings (SSSR count). The van der Waals surface area contributed by atoms with Gasteiger partial charge in [0.05, 0.1) is 11.0 Å². The lowest BCUT2D eigenvalue weighted by Gasteiger charge is -2.35. The van der Waals surface area contributed by atoms with Crippen molar-refractivity contribution in [1.82, 2.24) is 9.55 Å². The van der Waals surface area contributed by atoms with Crippen molar-refractivity contribution < 1.29 is 18.0 Å². The summed E-state index contributed by atoms with van der Waals surface area (Å²) < 4.78 is 43.8. The van der Waals surface area contributed by atoms with Gasteiger partial charge in [-0.2, -0.15) is 13.2 Å². The maximum atomic E-state index is 14.2. The number of aldehydes is 1. The molecule has 2 aromatic carbocycles. The maximum absolute atomic E-state index is 14.2. The second-order valence-corrected chi connectivity index (χ2v) is 6.88. The highest BCUT2D eigenvalue weighted by atomic mass is 19.4. The number of alkyl halides is 3. The number of aromatic nitrogens is 2. The third kappa shape index (κ3) is 3.05. The van der Waals surface area contributed by atoms with Crippen LogP contribution in [0, 0.1) is 5.41 Å². The van der Waals surface area contributed by atoms with Gasteiger partial charge in [-0.1, -0.05) is 60.7 Å². The Balaban J connectivity index is 1.75. The number of allylic oxidation sites excluding steroid dienone is 4. The fourth-order valence-corrected chi connectivity index (χ4v) is 3.57.